The fraction of sp³-hybridized carbons (Fsp3) is 0.947. The molecule has 140 valence electrons. The summed E-state index contributed by atoms with van der Waals surface area (Å²) in [6.45, 7) is 9.23. The van der Waals surface area contributed by atoms with Crippen molar-refractivity contribution in [2.75, 3.05) is 13.2 Å². The van der Waals surface area contributed by atoms with Gasteiger partial charge in [-0.2, -0.15) is 0 Å². The number of carbonyl (C=O) groups excluding carboxylic acids is 1. The van der Waals surface area contributed by atoms with E-state index in [-0.39, 0.29) is 12.7 Å². The van der Waals surface area contributed by atoms with Gasteiger partial charge in [0.05, 0.1) is 0 Å². The van der Waals surface area contributed by atoms with Gasteiger partial charge in [0.2, 0.25) is 0 Å². The molecule has 2 saturated heterocycles. The minimum Gasteiger partial charge on any atom is -0.444 e. The van der Waals surface area contributed by atoms with Crippen LogP contribution in [0.25, 0.3) is 0 Å². The summed E-state index contributed by atoms with van der Waals surface area (Å²) >= 11 is 0. The molecular formula is C19H36N2O3. The summed E-state index contributed by atoms with van der Waals surface area (Å²) in [6, 6.07) is 1.12. The summed E-state index contributed by atoms with van der Waals surface area (Å²) in [5.74, 6) is 0.557. The van der Waals surface area contributed by atoms with Crippen LogP contribution in [0.5, 0.6) is 0 Å². The highest BCUT2D eigenvalue weighted by Gasteiger charge is 2.44. The molecule has 2 aliphatic rings. The third-order valence-electron chi connectivity index (χ3n) is 5.27. The van der Waals surface area contributed by atoms with Gasteiger partial charge in [-0.25, -0.2) is 4.79 Å². The van der Waals surface area contributed by atoms with Crippen molar-refractivity contribution in [2.45, 2.75) is 96.4 Å². The van der Waals surface area contributed by atoms with Crippen LogP contribution < -0.4 is 5.32 Å². The third kappa shape index (κ3) is 5.35. The van der Waals surface area contributed by atoms with E-state index in [2.05, 4.69) is 12.2 Å². The summed E-state index contributed by atoms with van der Waals surface area (Å²) in [4.78, 5) is 14.5. The molecule has 2 aliphatic heterocycles. The van der Waals surface area contributed by atoms with Crippen molar-refractivity contribution in [1.29, 1.82) is 0 Å². The van der Waals surface area contributed by atoms with Crippen LogP contribution in [0.2, 0.25) is 0 Å². The van der Waals surface area contributed by atoms with E-state index < -0.39 is 5.60 Å². The predicted molar refractivity (Wildman–Crippen MR) is 96.0 cm³/mol. The molecule has 0 aromatic heterocycles. The van der Waals surface area contributed by atoms with Gasteiger partial charge < -0.3 is 20.1 Å². The number of piperidine rings is 1. The lowest BCUT2D eigenvalue weighted by Gasteiger charge is -2.40. The van der Waals surface area contributed by atoms with Crippen LogP contribution in [-0.4, -0.2) is 53.0 Å². The largest absolute Gasteiger partial charge is 0.444 e. The molecule has 2 fully saturated rings. The molecule has 5 heteroatoms. The third-order valence-corrected chi connectivity index (χ3v) is 5.27. The highest BCUT2D eigenvalue weighted by atomic mass is 16.6. The Morgan fingerprint density at radius 2 is 1.88 bits per heavy atom. The number of aliphatic hydroxyl groups excluding tert-OH is 1. The maximum absolute atomic E-state index is 12.5. The van der Waals surface area contributed by atoms with E-state index in [1.165, 1.54) is 0 Å². The summed E-state index contributed by atoms with van der Waals surface area (Å²) < 4.78 is 5.59. The number of hydrogen-bond acceptors (Lipinski definition) is 4. The van der Waals surface area contributed by atoms with Gasteiger partial charge in [-0.15, -0.1) is 0 Å². The topological polar surface area (TPSA) is 61.8 Å². The van der Waals surface area contributed by atoms with E-state index in [1.54, 1.807) is 0 Å². The molecule has 0 aromatic rings. The zero-order valence-corrected chi connectivity index (χ0v) is 15.9. The Balaban J connectivity index is 1.85. The Labute approximate surface area is 147 Å². The molecule has 3 atom stereocenters. The molecule has 2 heterocycles. The highest BCUT2D eigenvalue weighted by molar-refractivity contribution is 5.69. The monoisotopic (exact) mass is 340 g/mol. The number of hydrogen-bond donors (Lipinski definition) is 2. The lowest BCUT2D eigenvalue weighted by Crippen LogP contribution is -2.53. The van der Waals surface area contributed by atoms with E-state index in [9.17, 15) is 9.90 Å². The number of amides is 1. The normalized spacial score (nSPS) is 28.0. The van der Waals surface area contributed by atoms with Crippen LogP contribution in [0.1, 0.15) is 72.6 Å². The average Bonchev–Trinajstić information content (AvgIpc) is 2.75. The van der Waals surface area contributed by atoms with E-state index in [1.807, 2.05) is 25.7 Å². The molecular weight excluding hydrogens is 304 g/mol. The molecule has 0 spiro atoms. The van der Waals surface area contributed by atoms with E-state index in [0.29, 0.717) is 24.0 Å². The van der Waals surface area contributed by atoms with Gasteiger partial charge in [0.25, 0.3) is 0 Å². The van der Waals surface area contributed by atoms with Crippen LogP contribution in [0.3, 0.4) is 0 Å². The smallest absolute Gasteiger partial charge is 0.410 e. The molecule has 2 bridgehead atoms. The van der Waals surface area contributed by atoms with E-state index in [4.69, 9.17) is 4.74 Å². The minimum absolute atomic E-state index is 0.141. The fourth-order valence-electron chi connectivity index (χ4n) is 4.23. The van der Waals surface area contributed by atoms with Gasteiger partial charge in [-0.1, -0.05) is 13.3 Å². The quantitative estimate of drug-likeness (QED) is 0.746. The number of nitrogens with zero attached hydrogens (tertiary/aromatic N) is 1. The summed E-state index contributed by atoms with van der Waals surface area (Å²) in [6.07, 6.45) is 7.30. The van der Waals surface area contributed by atoms with Crippen LogP contribution in [0, 0.1) is 5.92 Å². The Bertz CT molecular complexity index is 388. The van der Waals surface area contributed by atoms with Crippen molar-refractivity contribution >= 4 is 6.09 Å². The Morgan fingerprint density at radius 3 is 2.38 bits per heavy atom. The second kappa shape index (κ2) is 8.52. The van der Waals surface area contributed by atoms with Gasteiger partial charge >= 0.3 is 6.09 Å². The molecule has 5 nitrogen and oxygen atoms in total. The van der Waals surface area contributed by atoms with Crippen LogP contribution in [-0.2, 0) is 4.74 Å². The number of aliphatic hydroxyl groups is 1. The summed E-state index contributed by atoms with van der Waals surface area (Å²) in [5.41, 5.74) is -0.427. The molecule has 0 aromatic carbocycles. The van der Waals surface area contributed by atoms with Gasteiger partial charge in [-0.05, 0) is 71.8 Å². The Morgan fingerprint density at radius 1 is 1.25 bits per heavy atom. The maximum Gasteiger partial charge on any atom is 0.410 e. The van der Waals surface area contributed by atoms with Crippen LogP contribution in [0.4, 0.5) is 4.79 Å². The fourth-order valence-corrected chi connectivity index (χ4v) is 4.23. The van der Waals surface area contributed by atoms with Crippen molar-refractivity contribution < 1.29 is 14.6 Å². The standard InChI is InChI=1S/C19H36N2O3/c1-5-6-14(9-10-22)13-20-15-11-16-7-8-17(12-15)21(16)18(23)24-19(2,3)4/h14-17,20,22H,5-13H2,1-4H3. The molecule has 1 amide bonds. The van der Waals surface area contributed by atoms with Gasteiger partial charge in [-0.3, -0.25) is 0 Å². The van der Waals surface area contributed by atoms with Crippen LogP contribution >= 0.6 is 0 Å². The molecule has 24 heavy (non-hydrogen) atoms. The molecule has 0 saturated carbocycles. The van der Waals surface area contributed by atoms with E-state index in [0.717, 1.165) is 51.5 Å². The lowest BCUT2D eigenvalue weighted by molar-refractivity contribution is 0.00452. The average molecular weight is 341 g/mol. The van der Waals surface area contributed by atoms with E-state index >= 15 is 0 Å². The zero-order valence-electron chi connectivity index (χ0n) is 15.9. The number of nitrogens with one attached hydrogen (secondary N) is 1. The first-order valence-electron chi connectivity index (χ1n) is 9.69. The predicted octanol–water partition coefficient (Wildman–Crippen LogP) is 3.31. The zero-order chi connectivity index (χ0) is 17.7. The maximum atomic E-state index is 12.5. The van der Waals surface area contributed by atoms with Crippen molar-refractivity contribution in [2.24, 2.45) is 5.92 Å². The summed E-state index contributed by atoms with van der Waals surface area (Å²) in [5, 5.41) is 12.9. The highest BCUT2D eigenvalue weighted by Crippen LogP contribution is 2.36. The first-order chi connectivity index (χ1) is 11.3. The number of carbonyl (C=O) groups is 1. The lowest BCUT2D eigenvalue weighted by atomic mass is 9.95. The first-order valence-corrected chi connectivity index (χ1v) is 9.69. The second-order valence-electron chi connectivity index (χ2n) is 8.52. The summed E-state index contributed by atoms with van der Waals surface area (Å²) in [7, 11) is 0. The van der Waals surface area contributed by atoms with Gasteiger partial charge in [0.1, 0.15) is 5.60 Å². The van der Waals surface area contributed by atoms with Crippen LogP contribution in [0.15, 0.2) is 0 Å². The number of fused-ring (bicyclic) bond motifs is 2. The van der Waals surface area contributed by atoms with Gasteiger partial charge in [0.15, 0.2) is 0 Å². The van der Waals surface area contributed by atoms with Crippen molar-refractivity contribution in [1.82, 2.24) is 10.2 Å². The number of rotatable bonds is 7. The van der Waals surface area contributed by atoms with Crippen molar-refractivity contribution in [3.8, 4) is 0 Å². The molecule has 2 N–H and O–H groups in total. The minimum atomic E-state index is -0.427. The van der Waals surface area contributed by atoms with Crippen molar-refractivity contribution in [3.05, 3.63) is 0 Å². The molecule has 0 aliphatic carbocycles. The van der Waals surface area contributed by atoms with Gasteiger partial charge in [0, 0.05) is 24.7 Å². The Kier molecular flexibility index (Phi) is 6.93. The first kappa shape index (κ1) is 19.5. The second-order valence-corrected chi connectivity index (χ2v) is 8.52. The number of ether oxygens (including phenoxy) is 1. The molecule has 2 rings (SSSR count). The molecule has 0 radical (unpaired) electrons. The van der Waals surface area contributed by atoms with Crippen molar-refractivity contribution in [3.63, 3.8) is 0 Å². The molecule has 3 unspecified atom stereocenters. The SMILES string of the molecule is CCCC(CCO)CNC1CC2CCC(C1)N2C(=O)OC(C)(C)C. The Hall–Kier alpha value is -0.810.